The van der Waals surface area contributed by atoms with Crippen molar-refractivity contribution in [1.82, 2.24) is 8.87 Å². The van der Waals surface area contributed by atoms with E-state index in [2.05, 4.69) is 0 Å². The highest BCUT2D eigenvalue weighted by Crippen LogP contribution is 2.21. The van der Waals surface area contributed by atoms with E-state index in [-0.39, 0.29) is 17.5 Å². The fraction of sp³-hybridized carbons (Fsp3) is 0.692. The summed E-state index contributed by atoms with van der Waals surface area (Å²) in [5.74, 6) is 0. The van der Waals surface area contributed by atoms with E-state index in [1.54, 1.807) is 10.8 Å². The number of nitrogens with zero attached hydrogens (tertiary/aromatic N) is 2. The van der Waals surface area contributed by atoms with Crippen molar-refractivity contribution in [2.75, 3.05) is 26.8 Å². The van der Waals surface area contributed by atoms with E-state index >= 15 is 0 Å². The van der Waals surface area contributed by atoms with Crippen LogP contribution in [-0.2, 0) is 21.4 Å². The lowest BCUT2D eigenvalue weighted by molar-refractivity contribution is 0.138. The molecular weight excluding hydrogens is 280 g/mol. The molecule has 0 aliphatic carbocycles. The number of rotatable bonds is 8. The molecule has 0 bridgehead atoms. The molecule has 0 fully saturated rings. The average molecular weight is 304 g/mol. The lowest BCUT2D eigenvalue weighted by Gasteiger charge is -2.16. The summed E-state index contributed by atoms with van der Waals surface area (Å²) in [5, 5.41) is 9.31. The second-order valence-electron chi connectivity index (χ2n) is 4.85. The third-order valence-corrected chi connectivity index (χ3v) is 4.91. The summed E-state index contributed by atoms with van der Waals surface area (Å²) in [6.07, 6.45) is 1.57. The maximum atomic E-state index is 12.4. The second-order valence-corrected chi connectivity index (χ2v) is 6.89. The van der Waals surface area contributed by atoms with Gasteiger partial charge in [0.15, 0.2) is 0 Å². The number of hydrogen-bond donors (Lipinski definition) is 1. The van der Waals surface area contributed by atoms with E-state index in [9.17, 15) is 13.5 Å². The molecule has 20 heavy (non-hydrogen) atoms. The summed E-state index contributed by atoms with van der Waals surface area (Å²) < 4.78 is 33.0. The first-order valence-corrected chi connectivity index (χ1v) is 8.14. The van der Waals surface area contributed by atoms with Crippen LogP contribution in [-0.4, -0.2) is 49.2 Å². The van der Waals surface area contributed by atoms with Gasteiger partial charge in [0.25, 0.3) is 0 Å². The van der Waals surface area contributed by atoms with Crippen LogP contribution in [0.2, 0.25) is 0 Å². The average Bonchev–Trinajstić information content (AvgIpc) is 2.83. The van der Waals surface area contributed by atoms with E-state index in [1.165, 1.54) is 17.4 Å². The summed E-state index contributed by atoms with van der Waals surface area (Å²) >= 11 is 0. The van der Waals surface area contributed by atoms with Gasteiger partial charge in [-0.25, -0.2) is 8.42 Å². The van der Waals surface area contributed by atoms with Gasteiger partial charge in [-0.05, 0) is 26.8 Å². The van der Waals surface area contributed by atoms with E-state index < -0.39 is 10.0 Å². The van der Waals surface area contributed by atoms with Gasteiger partial charge in [0, 0.05) is 38.1 Å². The van der Waals surface area contributed by atoms with Gasteiger partial charge in [0.1, 0.15) is 4.90 Å². The van der Waals surface area contributed by atoms with Crippen molar-refractivity contribution >= 4 is 10.0 Å². The van der Waals surface area contributed by atoms with Gasteiger partial charge in [0.05, 0.1) is 13.2 Å². The molecule has 1 N–H and O–H groups in total. The normalized spacial score (nSPS) is 12.6. The second kappa shape index (κ2) is 7.21. The molecule has 1 rings (SSSR count). The zero-order valence-corrected chi connectivity index (χ0v) is 13.4. The van der Waals surface area contributed by atoms with Crippen LogP contribution >= 0.6 is 0 Å². The van der Waals surface area contributed by atoms with Crippen LogP contribution in [0.15, 0.2) is 17.2 Å². The van der Waals surface area contributed by atoms with Crippen LogP contribution in [0.1, 0.15) is 32.5 Å². The Balaban J connectivity index is 2.97. The van der Waals surface area contributed by atoms with E-state index in [0.717, 1.165) is 0 Å². The minimum absolute atomic E-state index is 0.0924. The summed E-state index contributed by atoms with van der Waals surface area (Å²) in [6.45, 7) is 6.79. The number of aliphatic hydroxyl groups excluding tert-OH is 1. The van der Waals surface area contributed by atoms with Crippen LogP contribution in [0.5, 0.6) is 0 Å². The lowest BCUT2D eigenvalue weighted by atomic mass is 10.3. The zero-order chi connectivity index (χ0) is 15.3. The van der Waals surface area contributed by atoms with Crippen LogP contribution in [0.25, 0.3) is 0 Å². The first-order valence-electron chi connectivity index (χ1n) is 6.70. The Bertz CT molecular complexity index is 522. The molecule has 0 aliphatic heterocycles. The fourth-order valence-corrected chi connectivity index (χ4v) is 3.09. The van der Waals surface area contributed by atoms with Gasteiger partial charge in [-0.15, -0.1) is 0 Å². The molecule has 0 aromatic carbocycles. The van der Waals surface area contributed by atoms with Gasteiger partial charge in [-0.3, -0.25) is 0 Å². The van der Waals surface area contributed by atoms with E-state index in [1.807, 2.05) is 20.8 Å². The number of ether oxygens (including phenoxy) is 1. The van der Waals surface area contributed by atoms with Crippen molar-refractivity contribution in [3.63, 3.8) is 0 Å². The molecule has 0 unspecified atom stereocenters. The number of hydrogen-bond acceptors (Lipinski definition) is 4. The van der Waals surface area contributed by atoms with Gasteiger partial charge in [-0.1, -0.05) is 0 Å². The highest BCUT2D eigenvalue weighted by Gasteiger charge is 2.23. The highest BCUT2D eigenvalue weighted by atomic mass is 32.2. The maximum absolute atomic E-state index is 12.4. The van der Waals surface area contributed by atoms with Crippen molar-refractivity contribution in [2.24, 2.45) is 0 Å². The topological polar surface area (TPSA) is 71.8 Å². The molecule has 0 saturated carbocycles. The van der Waals surface area contributed by atoms with Crippen molar-refractivity contribution < 1.29 is 18.3 Å². The van der Waals surface area contributed by atoms with Crippen molar-refractivity contribution in [3.8, 4) is 0 Å². The van der Waals surface area contributed by atoms with Crippen molar-refractivity contribution in [2.45, 2.75) is 38.3 Å². The Labute approximate surface area is 121 Å². The lowest BCUT2D eigenvalue weighted by Crippen LogP contribution is -2.30. The molecule has 0 atom stereocenters. The zero-order valence-electron chi connectivity index (χ0n) is 12.5. The Morgan fingerprint density at radius 3 is 2.55 bits per heavy atom. The van der Waals surface area contributed by atoms with E-state index in [0.29, 0.717) is 25.5 Å². The predicted octanol–water partition coefficient (Wildman–Crippen LogP) is 1.22. The Morgan fingerprint density at radius 2 is 2.10 bits per heavy atom. The van der Waals surface area contributed by atoms with Gasteiger partial charge < -0.3 is 14.4 Å². The SMILES string of the molecule is CCOCCN(C)S(=O)(=O)c1cc(CO)n(C(C)C)c1. The molecule has 0 amide bonds. The van der Waals surface area contributed by atoms with Gasteiger partial charge in [0.2, 0.25) is 10.0 Å². The van der Waals surface area contributed by atoms with Gasteiger partial charge in [-0.2, -0.15) is 4.31 Å². The highest BCUT2D eigenvalue weighted by molar-refractivity contribution is 7.89. The summed E-state index contributed by atoms with van der Waals surface area (Å²) in [5.41, 5.74) is 0.594. The van der Waals surface area contributed by atoms with Crippen LogP contribution in [0, 0.1) is 0 Å². The summed E-state index contributed by atoms with van der Waals surface area (Å²) in [6, 6.07) is 1.61. The molecule has 0 spiro atoms. The standard InChI is InChI=1S/C13H24N2O4S/c1-5-19-7-6-14(4)20(17,18)13-8-12(10-16)15(9-13)11(2)3/h8-9,11,16H,5-7,10H2,1-4H3. The first-order chi connectivity index (χ1) is 9.34. The molecule has 6 nitrogen and oxygen atoms in total. The molecule has 0 aliphatic rings. The van der Waals surface area contributed by atoms with Crippen LogP contribution < -0.4 is 0 Å². The van der Waals surface area contributed by atoms with Crippen LogP contribution in [0.3, 0.4) is 0 Å². The van der Waals surface area contributed by atoms with Crippen LogP contribution in [0.4, 0.5) is 0 Å². The summed E-state index contributed by atoms with van der Waals surface area (Å²) in [4.78, 5) is 0.203. The largest absolute Gasteiger partial charge is 0.390 e. The molecule has 7 heteroatoms. The minimum Gasteiger partial charge on any atom is -0.390 e. The fourth-order valence-electron chi connectivity index (χ4n) is 1.88. The Morgan fingerprint density at radius 1 is 1.45 bits per heavy atom. The predicted molar refractivity (Wildman–Crippen MR) is 77.0 cm³/mol. The molecule has 1 heterocycles. The molecular formula is C13H24N2O4S. The smallest absolute Gasteiger partial charge is 0.244 e. The monoisotopic (exact) mass is 304 g/mol. The number of aliphatic hydroxyl groups is 1. The molecule has 0 radical (unpaired) electrons. The van der Waals surface area contributed by atoms with Crippen molar-refractivity contribution in [1.29, 1.82) is 0 Å². The van der Waals surface area contributed by atoms with Gasteiger partial charge >= 0.3 is 0 Å². The summed E-state index contributed by atoms with van der Waals surface area (Å²) in [7, 11) is -2.02. The van der Waals surface area contributed by atoms with Crippen molar-refractivity contribution in [3.05, 3.63) is 18.0 Å². The number of aromatic nitrogens is 1. The molecule has 1 aromatic heterocycles. The third-order valence-electron chi connectivity index (χ3n) is 3.09. The number of sulfonamides is 1. The minimum atomic E-state index is -3.54. The maximum Gasteiger partial charge on any atom is 0.244 e. The molecule has 0 saturated heterocycles. The molecule has 116 valence electrons. The van der Waals surface area contributed by atoms with E-state index in [4.69, 9.17) is 4.74 Å². The Hall–Kier alpha value is -0.890. The first kappa shape index (κ1) is 17.2. The number of likely N-dealkylation sites (N-methyl/N-ethyl adjacent to an activating group) is 1. The quantitative estimate of drug-likeness (QED) is 0.733. The Kier molecular flexibility index (Phi) is 6.19. The third kappa shape index (κ3) is 3.82. The molecule has 1 aromatic rings.